The van der Waals surface area contributed by atoms with Gasteiger partial charge in [0.15, 0.2) is 5.16 Å². The Morgan fingerprint density at radius 2 is 2.00 bits per heavy atom. The zero-order chi connectivity index (χ0) is 17.4. The van der Waals surface area contributed by atoms with Gasteiger partial charge >= 0.3 is 0 Å². The summed E-state index contributed by atoms with van der Waals surface area (Å²) in [4.78, 5) is 18.6. The summed E-state index contributed by atoms with van der Waals surface area (Å²) in [5.74, 6) is 0.847. The fourth-order valence-corrected chi connectivity index (χ4v) is 3.14. The first-order valence-corrected chi connectivity index (χ1v) is 9.17. The van der Waals surface area contributed by atoms with Crippen LogP contribution in [0.15, 0.2) is 41.8 Å². The van der Waals surface area contributed by atoms with Gasteiger partial charge in [-0.3, -0.25) is 4.79 Å². The van der Waals surface area contributed by atoms with Crippen molar-refractivity contribution in [3.8, 4) is 0 Å². The van der Waals surface area contributed by atoms with Crippen LogP contribution in [-0.4, -0.2) is 47.5 Å². The Balaban J connectivity index is 1.74. The van der Waals surface area contributed by atoms with Crippen LogP contribution in [0.2, 0.25) is 0 Å². The quantitative estimate of drug-likeness (QED) is 0.560. The van der Waals surface area contributed by atoms with Crippen LogP contribution in [0.4, 0.5) is 0 Å². The number of thioether (sulfide) groups is 1. The summed E-state index contributed by atoms with van der Waals surface area (Å²) in [5.41, 5.74) is 1.90. The molecule has 1 aromatic carbocycles. The lowest BCUT2D eigenvalue weighted by molar-refractivity contribution is 0.0953. The van der Waals surface area contributed by atoms with E-state index < -0.39 is 0 Å². The van der Waals surface area contributed by atoms with Gasteiger partial charge in [-0.25, -0.2) is 4.98 Å². The zero-order valence-corrected chi connectivity index (χ0v) is 15.5. The first-order valence-electron chi connectivity index (χ1n) is 8.18. The number of hydrogen-bond acceptors (Lipinski definition) is 4. The van der Waals surface area contributed by atoms with Crippen molar-refractivity contribution in [3.05, 3.63) is 47.8 Å². The average molecular weight is 347 g/mol. The molecule has 1 N–H and O–H groups in total. The van der Waals surface area contributed by atoms with Gasteiger partial charge in [0, 0.05) is 37.3 Å². The van der Waals surface area contributed by atoms with Crippen LogP contribution in [-0.2, 0) is 12.8 Å². The fraction of sp³-hybridized carbons (Fsp3) is 0.444. The SMILES string of the molecule is CN(C)CCCCNC(=O)c1ccc(CSc2nccn2C)cc1. The Morgan fingerprint density at radius 3 is 2.62 bits per heavy atom. The van der Waals surface area contributed by atoms with E-state index in [2.05, 4.69) is 29.3 Å². The molecular formula is C18H26N4OS. The van der Waals surface area contributed by atoms with Gasteiger partial charge < -0.3 is 14.8 Å². The normalized spacial score (nSPS) is 11.0. The van der Waals surface area contributed by atoms with Crippen molar-refractivity contribution in [2.45, 2.75) is 23.8 Å². The number of imidazole rings is 1. The van der Waals surface area contributed by atoms with E-state index in [0.29, 0.717) is 5.56 Å². The highest BCUT2D eigenvalue weighted by Crippen LogP contribution is 2.20. The molecule has 0 bridgehead atoms. The molecule has 1 aromatic heterocycles. The molecule has 1 heterocycles. The van der Waals surface area contributed by atoms with Gasteiger partial charge in [0.2, 0.25) is 0 Å². The number of rotatable bonds is 9. The molecule has 0 fully saturated rings. The lowest BCUT2D eigenvalue weighted by Crippen LogP contribution is -2.25. The molecule has 0 radical (unpaired) electrons. The lowest BCUT2D eigenvalue weighted by atomic mass is 10.1. The van der Waals surface area contributed by atoms with Crippen LogP contribution < -0.4 is 5.32 Å². The molecule has 2 rings (SSSR count). The number of aryl methyl sites for hydroxylation is 1. The molecule has 0 atom stereocenters. The van der Waals surface area contributed by atoms with Crippen molar-refractivity contribution in [3.63, 3.8) is 0 Å². The van der Waals surface area contributed by atoms with Gasteiger partial charge in [-0.15, -0.1) is 0 Å². The van der Waals surface area contributed by atoms with Crippen molar-refractivity contribution in [2.75, 3.05) is 27.2 Å². The lowest BCUT2D eigenvalue weighted by Gasteiger charge is -2.09. The highest BCUT2D eigenvalue weighted by molar-refractivity contribution is 7.98. The molecule has 0 aliphatic carbocycles. The molecule has 1 amide bonds. The van der Waals surface area contributed by atoms with Crippen LogP contribution in [0, 0.1) is 0 Å². The van der Waals surface area contributed by atoms with Gasteiger partial charge in [-0.2, -0.15) is 0 Å². The number of hydrogen-bond donors (Lipinski definition) is 1. The van der Waals surface area contributed by atoms with E-state index in [-0.39, 0.29) is 5.91 Å². The van der Waals surface area contributed by atoms with Crippen LogP contribution >= 0.6 is 11.8 Å². The topological polar surface area (TPSA) is 50.2 Å². The molecule has 0 saturated heterocycles. The van der Waals surface area contributed by atoms with Gasteiger partial charge in [0.25, 0.3) is 5.91 Å². The molecule has 0 saturated carbocycles. The summed E-state index contributed by atoms with van der Waals surface area (Å²) in [5, 5.41) is 3.97. The second-order valence-corrected chi connectivity index (χ2v) is 7.02. The van der Waals surface area contributed by atoms with Gasteiger partial charge in [0.1, 0.15) is 0 Å². The molecule has 0 aliphatic rings. The maximum Gasteiger partial charge on any atom is 0.251 e. The van der Waals surface area contributed by atoms with E-state index in [9.17, 15) is 4.79 Å². The molecule has 130 valence electrons. The maximum absolute atomic E-state index is 12.1. The van der Waals surface area contributed by atoms with Crippen LogP contribution in [0.25, 0.3) is 0 Å². The summed E-state index contributed by atoms with van der Waals surface area (Å²) in [7, 11) is 6.11. The van der Waals surface area contributed by atoms with Gasteiger partial charge in [-0.1, -0.05) is 23.9 Å². The second-order valence-electron chi connectivity index (χ2n) is 6.07. The van der Waals surface area contributed by atoms with E-state index >= 15 is 0 Å². The smallest absolute Gasteiger partial charge is 0.251 e. The Kier molecular flexibility index (Phi) is 7.34. The minimum atomic E-state index is 0.00292. The molecule has 2 aromatic rings. The number of nitrogens with zero attached hydrogens (tertiary/aromatic N) is 3. The third-order valence-corrected chi connectivity index (χ3v) is 4.81. The number of nitrogens with one attached hydrogen (secondary N) is 1. The number of unbranched alkanes of at least 4 members (excludes halogenated alkanes) is 1. The minimum Gasteiger partial charge on any atom is -0.352 e. The van der Waals surface area contributed by atoms with E-state index in [4.69, 9.17) is 0 Å². The predicted molar refractivity (Wildman–Crippen MR) is 99.3 cm³/mol. The van der Waals surface area contributed by atoms with E-state index in [1.807, 2.05) is 42.1 Å². The fourth-order valence-electron chi connectivity index (χ4n) is 2.25. The highest BCUT2D eigenvalue weighted by atomic mass is 32.2. The van der Waals surface area contributed by atoms with Crippen molar-refractivity contribution in [1.29, 1.82) is 0 Å². The Labute approximate surface area is 148 Å². The number of benzene rings is 1. The molecule has 0 spiro atoms. The maximum atomic E-state index is 12.1. The number of carbonyl (C=O) groups excluding carboxylic acids is 1. The Bertz CT molecular complexity index is 637. The Hall–Kier alpha value is -1.79. The van der Waals surface area contributed by atoms with E-state index in [0.717, 1.165) is 36.8 Å². The molecule has 5 nitrogen and oxygen atoms in total. The molecule has 0 unspecified atom stereocenters. The van der Waals surface area contributed by atoms with Gasteiger partial charge in [-0.05, 0) is 51.2 Å². The second kappa shape index (κ2) is 9.49. The van der Waals surface area contributed by atoms with Crippen molar-refractivity contribution in [1.82, 2.24) is 19.8 Å². The first kappa shape index (κ1) is 18.5. The monoisotopic (exact) mass is 346 g/mol. The van der Waals surface area contributed by atoms with E-state index in [1.165, 1.54) is 5.56 Å². The minimum absolute atomic E-state index is 0.00292. The predicted octanol–water partition coefficient (Wildman–Crippen LogP) is 2.78. The molecular weight excluding hydrogens is 320 g/mol. The number of aromatic nitrogens is 2. The molecule has 24 heavy (non-hydrogen) atoms. The van der Waals surface area contributed by atoms with Crippen LogP contribution in [0.3, 0.4) is 0 Å². The first-order chi connectivity index (χ1) is 11.6. The molecule has 0 aliphatic heterocycles. The summed E-state index contributed by atoms with van der Waals surface area (Å²) >= 11 is 1.69. The van der Waals surface area contributed by atoms with Crippen molar-refractivity contribution < 1.29 is 4.79 Å². The third-order valence-electron chi connectivity index (χ3n) is 3.68. The summed E-state index contributed by atoms with van der Waals surface area (Å²) in [6, 6.07) is 7.81. The van der Waals surface area contributed by atoms with Crippen LogP contribution in [0.1, 0.15) is 28.8 Å². The van der Waals surface area contributed by atoms with Crippen LogP contribution in [0.5, 0.6) is 0 Å². The van der Waals surface area contributed by atoms with Crippen molar-refractivity contribution >= 4 is 17.7 Å². The largest absolute Gasteiger partial charge is 0.352 e. The Morgan fingerprint density at radius 1 is 1.25 bits per heavy atom. The average Bonchev–Trinajstić information content (AvgIpc) is 2.97. The summed E-state index contributed by atoms with van der Waals surface area (Å²) in [6.45, 7) is 1.78. The van der Waals surface area contributed by atoms with E-state index in [1.54, 1.807) is 18.0 Å². The van der Waals surface area contributed by atoms with Crippen molar-refractivity contribution in [2.24, 2.45) is 7.05 Å². The zero-order valence-electron chi connectivity index (χ0n) is 14.7. The third kappa shape index (κ3) is 6.02. The standard InChI is InChI=1S/C18H26N4OS/c1-21(2)12-5-4-10-19-17(23)16-8-6-15(7-9-16)14-24-18-20-11-13-22(18)3/h6-9,11,13H,4-5,10,12,14H2,1-3H3,(H,19,23). The highest BCUT2D eigenvalue weighted by Gasteiger charge is 2.06. The summed E-state index contributed by atoms with van der Waals surface area (Å²) < 4.78 is 2.00. The summed E-state index contributed by atoms with van der Waals surface area (Å²) in [6.07, 6.45) is 5.83. The molecule has 6 heteroatoms. The van der Waals surface area contributed by atoms with Gasteiger partial charge in [0.05, 0.1) is 0 Å². The number of amides is 1. The number of carbonyl (C=O) groups is 1.